The van der Waals surface area contributed by atoms with Crippen LogP contribution in [0, 0.1) is 0 Å². The van der Waals surface area contributed by atoms with Crippen LogP contribution in [-0.4, -0.2) is 35.0 Å². The van der Waals surface area contributed by atoms with Crippen LogP contribution in [0.3, 0.4) is 0 Å². The van der Waals surface area contributed by atoms with Gasteiger partial charge in [0.05, 0.1) is 27.9 Å². The molecule has 0 unspecified atom stereocenters. The van der Waals surface area contributed by atoms with Gasteiger partial charge in [-0.05, 0) is 41.8 Å². The lowest BCUT2D eigenvalue weighted by molar-refractivity contribution is 0.202. The molecule has 6 nitrogen and oxygen atoms in total. The molecule has 0 amide bonds. The van der Waals surface area contributed by atoms with Gasteiger partial charge in [0.25, 0.3) is 0 Å². The maximum atomic E-state index is 6.19. The Morgan fingerprint density at radius 3 is 2.12 bits per heavy atom. The predicted octanol–water partition coefficient (Wildman–Crippen LogP) is 2.73. The number of ether oxygens (including phenoxy) is 4. The number of benzene rings is 2. The minimum absolute atomic E-state index is 0.524. The van der Waals surface area contributed by atoms with Gasteiger partial charge in [0, 0.05) is 24.0 Å². The molecule has 0 bridgehead atoms. The first-order valence-electron chi connectivity index (χ1n) is 7.53. The second kappa shape index (κ2) is 7.79. The predicted molar refractivity (Wildman–Crippen MR) is 95.9 cm³/mol. The largest absolute Gasteiger partial charge is 0.493 e. The number of nitrogen functional groups attached to an aromatic ring is 2. The molecular weight excluding hydrogens is 308 g/mol. The van der Waals surface area contributed by atoms with Crippen LogP contribution in [0.25, 0.3) is 11.1 Å². The third-order valence-corrected chi connectivity index (χ3v) is 3.86. The zero-order valence-electron chi connectivity index (χ0n) is 14.5. The van der Waals surface area contributed by atoms with Gasteiger partial charge >= 0.3 is 0 Å². The lowest BCUT2D eigenvalue weighted by Crippen LogP contribution is -2.05. The summed E-state index contributed by atoms with van der Waals surface area (Å²) in [5.74, 6) is 1.69. The molecule has 0 aliphatic rings. The van der Waals surface area contributed by atoms with E-state index in [2.05, 4.69) is 0 Å². The SMILES string of the molecule is COCCc1c(N)cc(N)cc1-c1ccc(OC)c(OC)c1OC. The van der Waals surface area contributed by atoms with E-state index in [0.29, 0.717) is 41.7 Å². The molecule has 0 heterocycles. The van der Waals surface area contributed by atoms with Crippen molar-refractivity contribution in [1.82, 2.24) is 0 Å². The fourth-order valence-electron chi connectivity index (χ4n) is 2.75. The van der Waals surface area contributed by atoms with E-state index in [1.165, 1.54) is 0 Å². The number of nitrogens with two attached hydrogens (primary N) is 2. The lowest BCUT2D eigenvalue weighted by Gasteiger charge is -2.19. The standard InChI is InChI=1S/C18H24N2O4/c1-21-8-7-12-14(9-11(19)10-15(12)20)13-5-6-16(22-2)18(24-4)17(13)23-3/h5-6,9-10H,7-8,19-20H2,1-4H3. The fraction of sp³-hybridized carbons (Fsp3) is 0.333. The summed E-state index contributed by atoms with van der Waals surface area (Å²) in [5.41, 5.74) is 16.1. The molecule has 0 aliphatic heterocycles. The quantitative estimate of drug-likeness (QED) is 0.758. The number of methoxy groups -OCH3 is 4. The van der Waals surface area contributed by atoms with E-state index in [9.17, 15) is 0 Å². The van der Waals surface area contributed by atoms with Gasteiger partial charge in [-0.1, -0.05) is 0 Å². The molecule has 0 atom stereocenters. The van der Waals surface area contributed by atoms with Gasteiger partial charge in [-0.15, -0.1) is 0 Å². The van der Waals surface area contributed by atoms with Gasteiger partial charge in [0.1, 0.15) is 0 Å². The molecule has 130 valence electrons. The van der Waals surface area contributed by atoms with Crippen molar-refractivity contribution in [2.24, 2.45) is 0 Å². The highest BCUT2D eigenvalue weighted by atomic mass is 16.5. The van der Waals surface area contributed by atoms with Crippen molar-refractivity contribution in [3.63, 3.8) is 0 Å². The van der Waals surface area contributed by atoms with Gasteiger partial charge in [-0.3, -0.25) is 0 Å². The van der Waals surface area contributed by atoms with Crippen molar-refractivity contribution in [2.75, 3.05) is 46.5 Å². The Kier molecular flexibility index (Phi) is 5.76. The average molecular weight is 332 g/mol. The van der Waals surface area contributed by atoms with Crippen LogP contribution in [0.5, 0.6) is 17.2 Å². The molecule has 6 heteroatoms. The molecular formula is C18H24N2O4. The molecule has 2 aromatic rings. The van der Waals surface area contributed by atoms with Crippen molar-refractivity contribution in [1.29, 1.82) is 0 Å². The summed E-state index contributed by atoms with van der Waals surface area (Å²) in [7, 11) is 6.40. The number of hydrogen-bond donors (Lipinski definition) is 2. The molecule has 24 heavy (non-hydrogen) atoms. The van der Waals surface area contributed by atoms with Crippen LogP contribution < -0.4 is 25.7 Å². The molecule has 0 aromatic heterocycles. The number of anilines is 2. The first-order valence-corrected chi connectivity index (χ1v) is 7.53. The van der Waals surface area contributed by atoms with E-state index in [1.807, 2.05) is 18.2 Å². The first-order chi connectivity index (χ1) is 11.6. The van der Waals surface area contributed by atoms with E-state index in [0.717, 1.165) is 16.7 Å². The van der Waals surface area contributed by atoms with Crippen molar-refractivity contribution in [3.8, 4) is 28.4 Å². The average Bonchev–Trinajstić information content (AvgIpc) is 2.58. The second-order valence-corrected chi connectivity index (χ2v) is 5.26. The maximum Gasteiger partial charge on any atom is 0.203 e. The molecule has 0 spiro atoms. The minimum Gasteiger partial charge on any atom is -0.493 e. The van der Waals surface area contributed by atoms with Crippen molar-refractivity contribution < 1.29 is 18.9 Å². The van der Waals surface area contributed by atoms with Crippen LogP contribution in [0.4, 0.5) is 11.4 Å². The first kappa shape index (κ1) is 17.7. The Labute approximate surface area is 142 Å². The Morgan fingerprint density at radius 1 is 0.833 bits per heavy atom. The number of hydrogen-bond acceptors (Lipinski definition) is 6. The molecule has 2 aromatic carbocycles. The summed E-state index contributed by atoms with van der Waals surface area (Å²) in [5, 5.41) is 0. The highest BCUT2D eigenvalue weighted by molar-refractivity contribution is 5.83. The highest BCUT2D eigenvalue weighted by Gasteiger charge is 2.20. The van der Waals surface area contributed by atoms with E-state index in [1.54, 1.807) is 34.5 Å². The van der Waals surface area contributed by atoms with Gasteiger partial charge < -0.3 is 30.4 Å². The zero-order chi connectivity index (χ0) is 17.7. The topological polar surface area (TPSA) is 89.0 Å². The Hall–Kier alpha value is -2.60. The molecule has 0 fully saturated rings. The summed E-state index contributed by atoms with van der Waals surface area (Å²) < 4.78 is 21.6. The molecule has 0 saturated carbocycles. The van der Waals surface area contributed by atoms with Gasteiger partial charge in [-0.2, -0.15) is 0 Å². The molecule has 0 radical (unpaired) electrons. The van der Waals surface area contributed by atoms with E-state index in [-0.39, 0.29) is 0 Å². The summed E-state index contributed by atoms with van der Waals surface area (Å²) in [4.78, 5) is 0. The van der Waals surface area contributed by atoms with Crippen molar-refractivity contribution in [2.45, 2.75) is 6.42 Å². The summed E-state index contributed by atoms with van der Waals surface area (Å²) >= 11 is 0. The summed E-state index contributed by atoms with van der Waals surface area (Å²) in [6.07, 6.45) is 0.662. The fourth-order valence-corrected chi connectivity index (χ4v) is 2.75. The highest BCUT2D eigenvalue weighted by Crippen LogP contribution is 2.46. The van der Waals surface area contributed by atoms with Crippen molar-refractivity contribution >= 4 is 11.4 Å². The van der Waals surface area contributed by atoms with E-state index < -0.39 is 0 Å². The van der Waals surface area contributed by atoms with Crippen molar-refractivity contribution in [3.05, 3.63) is 29.8 Å². The van der Waals surface area contributed by atoms with Gasteiger partial charge in [0.15, 0.2) is 11.5 Å². The van der Waals surface area contributed by atoms with Gasteiger partial charge in [0.2, 0.25) is 5.75 Å². The van der Waals surface area contributed by atoms with Crippen LogP contribution >= 0.6 is 0 Å². The molecule has 0 saturated heterocycles. The van der Waals surface area contributed by atoms with Crippen LogP contribution in [0.15, 0.2) is 24.3 Å². The summed E-state index contributed by atoms with van der Waals surface area (Å²) in [6, 6.07) is 7.37. The summed E-state index contributed by atoms with van der Waals surface area (Å²) in [6.45, 7) is 0.552. The Balaban J connectivity index is 2.71. The second-order valence-electron chi connectivity index (χ2n) is 5.26. The zero-order valence-corrected chi connectivity index (χ0v) is 14.5. The minimum atomic E-state index is 0.524. The Bertz CT molecular complexity index is 717. The normalized spacial score (nSPS) is 10.5. The monoisotopic (exact) mass is 332 g/mol. The van der Waals surface area contributed by atoms with E-state index in [4.69, 9.17) is 30.4 Å². The number of rotatable bonds is 7. The molecule has 0 aliphatic carbocycles. The molecule has 4 N–H and O–H groups in total. The maximum absolute atomic E-state index is 6.19. The van der Waals surface area contributed by atoms with Crippen LogP contribution in [0.2, 0.25) is 0 Å². The lowest BCUT2D eigenvalue weighted by atomic mass is 9.94. The van der Waals surface area contributed by atoms with Crippen LogP contribution in [-0.2, 0) is 11.2 Å². The third-order valence-electron chi connectivity index (χ3n) is 3.86. The third kappa shape index (κ3) is 3.33. The van der Waals surface area contributed by atoms with Gasteiger partial charge in [-0.25, -0.2) is 0 Å². The Morgan fingerprint density at radius 2 is 1.54 bits per heavy atom. The smallest absolute Gasteiger partial charge is 0.203 e. The van der Waals surface area contributed by atoms with Crippen LogP contribution in [0.1, 0.15) is 5.56 Å². The van der Waals surface area contributed by atoms with E-state index >= 15 is 0 Å². The molecule has 2 rings (SSSR count).